The van der Waals surface area contributed by atoms with Crippen molar-refractivity contribution in [3.05, 3.63) is 70.3 Å². The van der Waals surface area contributed by atoms with E-state index in [4.69, 9.17) is 21.7 Å². The van der Waals surface area contributed by atoms with E-state index >= 15 is 0 Å². The van der Waals surface area contributed by atoms with Crippen LogP contribution in [0, 0.1) is 5.41 Å². The maximum absolute atomic E-state index is 12.6. The molecular formula is C22H19ClN4O2S. The largest absolute Gasteiger partial charge is 0.488 e. The summed E-state index contributed by atoms with van der Waals surface area (Å²) in [4.78, 5) is 16.8. The van der Waals surface area contributed by atoms with Gasteiger partial charge in [0.15, 0.2) is 5.84 Å². The number of hydrogen-bond acceptors (Lipinski definition) is 5. The zero-order valence-electron chi connectivity index (χ0n) is 16.3. The van der Waals surface area contributed by atoms with Crippen molar-refractivity contribution in [2.24, 2.45) is 10.1 Å². The van der Waals surface area contributed by atoms with Crippen molar-refractivity contribution in [1.29, 1.82) is 5.41 Å². The van der Waals surface area contributed by atoms with E-state index in [1.165, 1.54) is 16.8 Å². The first-order chi connectivity index (χ1) is 14.5. The third kappa shape index (κ3) is 4.32. The van der Waals surface area contributed by atoms with Crippen molar-refractivity contribution in [2.75, 3.05) is 0 Å². The molecule has 6 nitrogen and oxygen atoms in total. The molecule has 0 saturated carbocycles. The molecule has 0 aliphatic carbocycles. The molecule has 0 bridgehead atoms. The number of amides is 1. The van der Waals surface area contributed by atoms with Gasteiger partial charge in [0.05, 0.1) is 5.57 Å². The van der Waals surface area contributed by atoms with E-state index in [0.29, 0.717) is 28.1 Å². The number of hydrazone groups is 1. The van der Waals surface area contributed by atoms with Crippen LogP contribution in [0.25, 0.3) is 6.08 Å². The molecule has 1 N–H and O–H groups in total. The summed E-state index contributed by atoms with van der Waals surface area (Å²) in [5.41, 5.74) is 1.77. The number of aliphatic imine (C=N–C) groups is 1. The van der Waals surface area contributed by atoms with Crippen LogP contribution in [0.15, 0.2) is 64.2 Å². The summed E-state index contributed by atoms with van der Waals surface area (Å²) in [7, 11) is 0. The molecule has 0 radical (unpaired) electrons. The first kappa shape index (κ1) is 20.4. The Balaban J connectivity index is 1.63. The topological polar surface area (TPSA) is 78.1 Å². The average Bonchev–Trinajstić information content (AvgIpc) is 3.14. The number of carbonyl (C=O) groups excluding carboxylic acids is 1. The van der Waals surface area contributed by atoms with Crippen LogP contribution in [0.3, 0.4) is 0 Å². The minimum atomic E-state index is -0.472. The molecule has 0 saturated heterocycles. The van der Waals surface area contributed by atoms with Crippen LogP contribution in [0.1, 0.15) is 30.9 Å². The number of amidine groups is 2. The lowest BCUT2D eigenvalue weighted by Crippen LogP contribution is -2.35. The third-order valence-corrected chi connectivity index (χ3v) is 5.67. The molecule has 8 heteroatoms. The van der Waals surface area contributed by atoms with Gasteiger partial charge in [-0.1, -0.05) is 48.9 Å². The monoisotopic (exact) mass is 438 g/mol. The van der Waals surface area contributed by atoms with Crippen molar-refractivity contribution in [3.8, 4) is 5.75 Å². The number of hydrogen-bond donors (Lipinski definition) is 1. The van der Waals surface area contributed by atoms with Crippen molar-refractivity contribution >= 4 is 51.4 Å². The number of rotatable bonds is 6. The highest BCUT2D eigenvalue weighted by molar-refractivity contribution is 8.26. The first-order valence-corrected chi connectivity index (χ1v) is 10.7. The maximum Gasteiger partial charge on any atom is 0.283 e. The Kier molecular flexibility index (Phi) is 6.01. The third-order valence-electron chi connectivity index (χ3n) is 4.47. The van der Waals surface area contributed by atoms with Gasteiger partial charge in [-0.25, -0.2) is 0 Å². The minimum absolute atomic E-state index is 0.00223. The number of fused-ring (bicyclic) bond motifs is 1. The molecule has 30 heavy (non-hydrogen) atoms. The van der Waals surface area contributed by atoms with Gasteiger partial charge in [-0.2, -0.15) is 15.1 Å². The highest BCUT2D eigenvalue weighted by Crippen LogP contribution is 2.32. The van der Waals surface area contributed by atoms with Crippen molar-refractivity contribution in [1.82, 2.24) is 5.01 Å². The van der Waals surface area contributed by atoms with E-state index in [1.807, 2.05) is 30.3 Å². The van der Waals surface area contributed by atoms with Gasteiger partial charge in [0.2, 0.25) is 5.17 Å². The summed E-state index contributed by atoms with van der Waals surface area (Å²) in [5.74, 6) is 0.0929. The molecule has 2 aliphatic heterocycles. The lowest BCUT2D eigenvalue weighted by Gasteiger charge is -2.20. The zero-order valence-corrected chi connectivity index (χ0v) is 17.8. The Morgan fingerprint density at radius 3 is 2.80 bits per heavy atom. The number of nitrogens with zero attached hydrogens (tertiary/aromatic N) is 3. The highest BCUT2D eigenvalue weighted by atomic mass is 35.5. The van der Waals surface area contributed by atoms with Crippen LogP contribution in [0.5, 0.6) is 5.75 Å². The minimum Gasteiger partial charge on any atom is -0.488 e. The molecule has 2 aromatic rings. The molecule has 0 atom stereocenters. The second-order valence-corrected chi connectivity index (χ2v) is 8.20. The fourth-order valence-corrected chi connectivity index (χ4v) is 4.17. The van der Waals surface area contributed by atoms with Gasteiger partial charge in [0.1, 0.15) is 17.4 Å². The fraction of sp³-hybridized carbons (Fsp3) is 0.182. The number of ether oxygens (including phenoxy) is 1. The van der Waals surface area contributed by atoms with Crippen molar-refractivity contribution in [2.45, 2.75) is 26.4 Å². The van der Waals surface area contributed by atoms with E-state index in [2.05, 4.69) is 17.0 Å². The molecule has 0 aromatic heterocycles. The standard InChI is InChI=1S/C22H19ClN4O2S/c1-2-6-19-26-27-20(24)17(21(28)25-22(27)30-19)12-15-11-16(23)9-10-18(15)29-13-14-7-4-3-5-8-14/h3-5,7-12,24H,2,6,13H2,1H3. The number of nitrogens with one attached hydrogen (secondary N) is 1. The normalized spacial score (nSPS) is 17.1. The van der Waals surface area contributed by atoms with Crippen molar-refractivity contribution in [3.63, 3.8) is 0 Å². The van der Waals surface area contributed by atoms with Gasteiger partial charge in [0.25, 0.3) is 5.91 Å². The van der Waals surface area contributed by atoms with Crippen LogP contribution >= 0.6 is 23.4 Å². The van der Waals surface area contributed by atoms with Gasteiger partial charge in [-0.05, 0) is 54.4 Å². The van der Waals surface area contributed by atoms with Gasteiger partial charge in [-0.15, -0.1) is 0 Å². The second-order valence-electron chi connectivity index (χ2n) is 6.72. The maximum atomic E-state index is 12.6. The first-order valence-electron chi connectivity index (χ1n) is 9.50. The SMILES string of the molecule is CCCC1=NN2C(=N)C(=Cc3cc(Cl)ccc3OCc3ccccc3)C(=O)N=C2S1. The Hall–Kier alpha value is -2.90. The fourth-order valence-electron chi connectivity index (χ4n) is 3.00. The Labute approximate surface area is 183 Å². The molecule has 4 rings (SSSR count). The van der Waals surface area contributed by atoms with Crippen molar-refractivity contribution < 1.29 is 9.53 Å². The van der Waals surface area contributed by atoms with E-state index < -0.39 is 5.91 Å². The summed E-state index contributed by atoms with van der Waals surface area (Å²) in [5, 5.41) is 16.1. The van der Waals surface area contributed by atoms with Crippen LogP contribution in [0.2, 0.25) is 5.02 Å². The van der Waals surface area contributed by atoms with Crippen LogP contribution in [0.4, 0.5) is 0 Å². The molecule has 2 heterocycles. The molecule has 0 spiro atoms. The molecule has 0 unspecified atom stereocenters. The summed E-state index contributed by atoms with van der Waals surface area (Å²) >= 11 is 7.52. The van der Waals surface area contributed by atoms with Crippen LogP contribution in [-0.2, 0) is 11.4 Å². The number of thioether (sulfide) groups is 1. The van der Waals surface area contributed by atoms with Gasteiger partial charge >= 0.3 is 0 Å². The van der Waals surface area contributed by atoms with Crippen LogP contribution in [-0.4, -0.2) is 27.0 Å². The number of benzene rings is 2. The van der Waals surface area contributed by atoms with E-state index in [-0.39, 0.29) is 11.4 Å². The smallest absolute Gasteiger partial charge is 0.283 e. The van der Waals surface area contributed by atoms with Gasteiger partial charge in [0, 0.05) is 10.6 Å². The molecule has 152 valence electrons. The van der Waals surface area contributed by atoms with Crippen LogP contribution < -0.4 is 4.74 Å². The van der Waals surface area contributed by atoms with Gasteiger partial charge in [-0.3, -0.25) is 10.2 Å². The molecule has 0 fully saturated rings. The molecule has 2 aromatic carbocycles. The lowest BCUT2D eigenvalue weighted by atomic mass is 10.1. The zero-order chi connectivity index (χ0) is 21.1. The molecule has 2 aliphatic rings. The predicted octanol–water partition coefficient (Wildman–Crippen LogP) is 5.34. The Morgan fingerprint density at radius 1 is 1.23 bits per heavy atom. The lowest BCUT2D eigenvalue weighted by molar-refractivity contribution is -0.114. The molecule has 1 amide bonds. The molecular weight excluding hydrogens is 420 g/mol. The summed E-state index contributed by atoms with van der Waals surface area (Å²) in [6, 6.07) is 15.0. The van der Waals surface area contributed by atoms with E-state index in [1.54, 1.807) is 24.3 Å². The van der Waals surface area contributed by atoms with E-state index in [0.717, 1.165) is 23.4 Å². The highest BCUT2D eigenvalue weighted by Gasteiger charge is 2.35. The number of halogens is 1. The summed E-state index contributed by atoms with van der Waals surface area (Å²) < 4.78 is 5.96. The number of carbonyl (C=O) groups is 1. The quantitative estimate of drug-likeness (QED) is 0.617. The summed E-state index contributed by atoms with van der Waals surface area (Å²) in [6.07, 6.45) is 3.31. The van der Waals surface area contributed by atoms with E-state index in [9.17, 15) is 4.79 Å². The van der Waals surface area contributed by atoms with Gasteiger partial charge < -0.3 is 4.74 Å². The second kappa shape index (κ2) is 8.85. The Morgan fingerprint density at radius 2 is 2.03 bits per heavy atom. The predicted molar refractivity (Wildman–Crippen MR) is 122 cm³/mol. The Bertz CT molecular complexity index is 1100. The average molecular weight is 439 g/mol. The summed E-state index contributed by atoms with van der Waals surface area (Å²) in [6.45, 7) is 2.43.